The molecule has 0 unspecified atom stereocenters. The van der Waals surface area contributed by atoms with Crippen molar-refractivity contribution in [2.75, 3.05) is 5.32 Å². The van der Waals surface area contributed by atoms with Crippen molar-refractivity contribution >= 4 is 23.2 Å². The number of aromatic hydroxyl groups is 1. The molecule has 0 aliphatic heterocycles. The molecule has 3 N–H and O–H groups in total. The molecule has 0 aromatic carbocycles. The number of amides is 1. The van der Waals surface area contributed by atoms with Crippen molar-refractivity contribution in [1.82, 2.24) is 29.5 Å². The monoisotopic (exact) mass is 461 g/mol. The molecule has 1 fully saturated rings. The van der Waals surface area contributed by atoms with Crippen LogP contribution in [-0.2, 0) is 12.5 Å². The zero-order valence-corrected chi connectivity index (χ0v) is 18.7. The molecular formula is C21H25F2N7O3. The van der Waals surface area contributed by atoms with Gasteiger partial charge in [0.05, 0.1) is 12.4 Å². The number of halogens is 2. The SMILES string of the molecule is CC(C)(C)Cn1c(=O)c(C(=O)NC2CC2)c(O)n2nc(Nc3cnc(C(C)(F)F)cn3)cc12. The van der Waals surface area contributed by atoms with E-state index >= 15 is 0 Å². The molecule has 1 aliphatic carbocycles. The van der Waals surface area contributed by atoms with Gasteiger partial charge in [-0.3, -0.25) is 14.2 Å². The number of carbonyl (C=O) groups excluding carboxylic acids is 1. The van der Waals surface area contributed by atoms with Crippen LogP contribution in [0.25, 0.3) is 5.65 Å². The molecule has 33 heavy (non-hydrogen) atoms. The maximum absolute atomic E-state index is 13.4. The summed E-state index contributed by atoms with van der Waals surface area (Å²) in [5.41, 5.74) is -1.57. The van der Waals surface area contributed by atoms with Gasteiger partial charge in [0.25, 0.3) is 17.4 Å². The first kappa shape index (κ1) is 22.6. The smallest absolute Gasteiger partial charge is 0.288 e. The number of nitrogens with one attached hydrogen (secondary N) is 2. The van der Waals surface area contributed by atoms with Crippen molar-refractivity contribution in [2.24, 2.45) is 5.41 Å². The second-order valence-electron chi connectivity index (χ2n) is 9.50. The molecule has 176 valence electrons. The van der Waals surface area contributed by atoms with Crippen molar-refractivity contribution in [2.45, 2.75) is 59.0 Å². The van der Waals surface area contributed by atoms with Crippen LogP contribution in [-0.4, -0.2) is 41.2 Å². The van der Waals surface area contributed by atoms with Gasteiger partial charge in [-0.1, -0.05) is 20.8 Å². The Balaban J connectivity index is 1.77. The van der Waals surface area contributed by atoms with E-state index in [2.05, 4.69) is 25.7 Å². The molecule has 0 bridgehead atoms. The second-order valence-corrected chi connectivity index (χ2v) is 9.50. The highest BCUT2D eigenvalue weighted by Gasteiger charge is 2.30. The van der Waals surface area contributed by atoms with Crippen LogP contribution < -0.4 is 16.2 Å². The van der Waals surface area contributed by atoms with E-state index in [1.54, 1.807) is 0 Å². The molecule has 10 nitrogen and oxygen atoms in total. The molecule has 0 radical (unpaired) electrons. The maximum atomic E-state index is 13.4. The van der Waals surface area contributed by atoms with Crippen LogP contribution in [0.4, 0.5) is 20.4 Å². The molecule has 12 heteroatoms. The van der Waals surface area contributed by atoms with Gasteiger partial charge in [-0.05, 0) is 18.3 Å². The first-order valence-corrected chi connectivity index (χ1v) is 10.5. The lowest BCUT2D eigenvalue weighted by Gasteiger charge is -2.21. The first-order chi connectivity index (χ1) is 15.3. The van der Waals surface area contributed by atoms with E-state index in [-0.39, 0.29) is 40.8 Å². The first-order valence-electron chi connectivity index (χ1n) is 10.5. The Morgan fingerprint density at radius 3 is 2.42 bits per heavy atom. The molecule has 3 aromatic rings. The molecule has 0 atom stereocenters. The van der Waals surface area contributed by atoms with E-state index in [1.807, 2.05) is 20.8 Å². The number of hydrogen-bond acceptors (Lipinski definition) is 7. The summed E-state index contributed by atoms with van der Waals surface area (Å²) in [6.45, 7) is 6.78. The van der Waals surface area contributed by atoms with E-state index in [4.69, 9.17) is 0 Å². The summed E-state index contributed by atoms with van der Waals surface area (Å²) in [7, 11) is 0. The van der Waals surface area contributed by atoms with Gasteiger partial charge < -0.3 is 15.7 Å². The van der Waals surface area contributed by atoms with Crippen molar-refractivity contribution in [3.8, 4) is 5.88 Å². The number of rotatable bonds is 6. The Bertz CT molecular complexity index is 1270. The topological polar surface area (TPSA) is 126 Å². The lowest BCUT2D eigenvalue weighted by molar-refractivity contribution is 0.0124. The number of anilines is 2. The normalized spacial score (nSPS) is 14.5. The van der Waals surface area contributed by atoms with Gasteiger partial charge in [0.1, 0.15) is 17.2 Å². The van der Waals surface area contributed by atoms with Crippen LogP contribution in [0.1, 0.15) is 56.6 Å². The molecule has 1 amide bonds. The minimum Gasteiger partial charge on any atom is -0.492 e. The summed E-state index contributed by atoms with van der Waals surface area (Å²) in [4.78, 5) is 33.5. The summed E-state index contributed by atoms with van der Waals surface area (Å²) in [6, 6.07) is 1.49. The average Bonchev–Trinajstić information content (AvgIpc) is 3.40. The molecule has 1 saturated carbocycles. The fourth-order valence-corrected chi connectivity index (χ4v) is 3.28. The van der Waals surface area contributed by atoms with Crippen LogP contribution in [0.2, 0.25) is 0 Å². The third-order valence-electron chi connectivity index (χ3n) is 4.98. The summed E-state index contributed by atoms with van der Waals surface area (Å²) < 4.78 is 29.2. The standard InChI is InChI=1S/C21H25F2N7O3/c1-20(2,3)10-29-15-7-13(27-14-9-24-12(8-25-14)21(4,22)23)28-30(15)19(33)16(18(29)32)17(31)26-11-5-6-11/h7-9,11,33H,5-6,10H2,1-4H3,(H,26,31)(H,25,27,28). The highest BCUT2D eigenvalue weighted by atomic mass is 19.3. The lowest BCUT2D eigenvalue weighted by Crippen LogP contribution is -2.37. The molecule has 4 rings (SSSR count). The largest absolute Gasteiger partial charge is 0.492 e. The summed E-state index contributed by atoms with van der Waals surface area (Å²) in [5.74, 6) is -4.05. The van der Waals surface area contributed by atoms with E-state index in [0.29, 0.717) is 0 Å². The Hall–Kier alpha value is -3.57. The molecule has 3 heterocycles. The molecule has 1 aliphatic rings. The van der Waals surface area contributed by atoms with Crippen LogP contribution in [0.5, 0.6) is 5.88 Å². The predicted molar refractivity (Wildman–Crippen MR) is 116 cm³/mol. The van der Waals surface area contributed by atoms with Crippen LogP contribution >= 0.6 is 0 Å². The predicted octanol–water partition coefficient (Wildman–Crippen LogP) is 2.79. The van der Waals surface area contributed by atoms with Crippen molar-refractivity contribution in [3.05, 3.63) is 40.1 Å². The lowest BCUT2D eigenvalue weighted by atomic mass is 9.97. The number of nitrogens with zero attached hydrogens (tertiary/aromatic N) is 5. The van der Waals surface area contributed by atoms with Crippen molar-refractivity contribution < 1.29 is 18.7 Å². The van der Waals surface area contributed by atoms with Gasteiger partial charge in [0.15, 0.2) is 11.4 Å². The zero-order chi connectivity index (χ0) is 24.1. The van der Waals surface area contributed by atoms with Gasteiger partial charge in [-0.2, -0.15) is 13.3 Å². The highest BCUT2D eigenvalue weighted by Crippen LogP contribution is 2.27. The quantitative estimate of drug-likeness (QED) is 0.515. The number of hydrogen-bond donors (Lipinski definition) is 3. The Morgan fingerprint density at radius 2 is 1.88 bits per heavy atom. The second kappa shape index (κ2) is 7.78. The fraction of sp³-hybridized carbons (Fsp3) is 0.476. The Labute approximate surface area is 187 Å². The minimum absolute atomic E-state index is 0.00467. The molecule has 0 spiro atoms. The van der Waals surface area contributed by atoms with Crippen molar-refractivity contribution in [1.29, 1.82) is 0 Å². The average molecular weight is 461 g/mol. The van der Waals surface area contributed by atoms with Gasteiger partial charge >= 0.3 is 0 Å². The third-order valence-corrected chi connectivity index (χ3v) is 4.98. The molecule has 0 saturated heterocycles. The van der Waals surface area contributed by atoms with Gasteiger partial charge in [-0.25, -0.2) is 9.97 Å². The summed E-state index contributed by atoms with van der Waals surface area (Å²) in [5, 5.41) is 20.5. The van der Waals surface area contributed by atoms with E-state index in [0.717, 1.165) is 36.7 Å². The maximum Gasteiger partial charge on any atom is 0.288 e. The summed E-state index contributed by atoms with van der Waals surface area (Å²) >= 11 is 0. The van der Waals surface area contributed by atoms with E-state index < -0.39 is 29.0 Å². The van der Waals surface area contributed by atoms with Crippen LogP contribution in [0.15, 0.2) is 23.3 Å². The van der Waals surface area contributed by atoms with Gasteiger partial charge in [0.2, 0.25) is 5.88 Å². The van der Waals surface area contributed by atoms with Crippen LogP contribution in [0.3, 0.4) is 0 Å². The Kier molecular flexibility index (Phi) is 5.33. The van der Waals surface area contributed by atoms with Crippen molar-refractivity contribution in [3.63, 3.8) is 0 Å². The van der Waals surface area contributed by atoms with Gasteiger partial charge in [0, 0.05) is 25.6 Å². The summed E-state index contributed by atoms with van der Waals surface area (Å²) in [6.07, 6.45) is 3.73. The number of carbonyl (C=O) groups is 1. The molecule has 3 aromatic heterocycles. The van der Waals surface area contributed by atoms with E-state index in [1.165, 1.54) is 10.6 Å². The zero-order valence-electron chi connectivity index (χ0n) is 18.7. The number of fused-ring (bicyclic) bond motifs is 1. The fourth-order valence-electron chi connectivity index (χ4n) is 3.28. The Morgan fingerprint density at radius 1 is 1.18 bits per heavy atom. The number of aromatic nitrogens is 5. The van der Waals surface area contributed by atoms with Gasteiger partial charge in [-0.15, -0.1) is 5.10 Å². The minimum atomic E-state index is -3.12. The highest BCUT2D eigenvalue weighted by molar-refractivity contribution is 5.96. The molecular weight excluding hydrogens is 436 g/mol. The van der Waals surface area contributed by atoms with Crippen LogP contribution in [0, 0.1) is 5.41 Å². The number of alkyl halides is 2. The third kappa shape index (κ3) is 4.78. The van der Waals surface area contributed by atoms with E-state index in [9.17, 15) is 23.5 Å².